The van der Waals surface area contributed by atoms with E-state index in [1.807, 2.05) is 25.1 Å². The number of ether oxygens (including phenoxy) is 1. The van der Waals surface area contributed by atoms with Crippen LogP contribution in [-0.2, 0) is 20.3 Å². The molecule has 0 radical (unpaired) electrons. The van der Waals surface area contributed by atoms with Crippen molar-refractivity contribution >= 4 is 28.4 Å². The summed E-state index contributed by atoms with van der Waals surface area (Å²) in [7, 11) is -1.31. The normalized spacial score (nSPS) is 11.6. The van der Waals surface area contributed by atoms with Crippen molar-refractivity contribution in [2.75, 3.05) is 18.2 Å². The molecule has 2 aromatic rings. The molecule has 0 fully saturated rings. The highest BCUT2D eigenvalue weighted by Gasteiger charge is 2.16. The smallest absolute Gasteiger partial charge is 0.339 e. The first-order valence-corrected chi connectivity index (χ1v) is 8.49. The van der Waals surface area contributed by atoms with E-state index in [4.69, 9.17) is 4.74 Å². The maximum atomic E-state index is 12.0. The second-order valence-electron chi connectivity index (χ2n) is 4.94. The fourth-order valence-corrected chi connectivity index (χ4v) is 2.75. The van der Waals surface area contributed by atoms with Gasteiger partial charge in [-0.2, -0.15) is 0 Å². The van der Waals surface area contributed by atoms with E-state index >= 15 is 0 Å². The van der Waals surface area contributed by atoms with E-state index < -0.39 is 29.3 Å². The second-order valence-corrected chi connectivity index (χ2v) is 6.29. The average molecular weight is 331 g/mol. The molecule has 1 amide bonds. The average Bonchev–Trinajstić information content (AvgIpc) is 2.52. The number of hydrogen-bond donors (Lipinski definition) is 1. The minimum atomic E-state index is -1.31. The molecule has 0 saturated heterocycles. The lowest BCUT2D eigenvalue weighted by Crippen LogP contribution is -2.21. The highest BCUT2D eigenvalue weighted by atomic mass is 32.2. The Bertz CT molecular complexity index is 758. The van der Waals surface area contributed by atoms with Gasteiger partial charge in [0.2, 0.25) is 0 Å². The Hall–Kier alpha value is -2.47. The topological polar surface area (TPSA) is 72.5 Å². The molecule has 0 spiro atoms. The van der Waals surface area contributed by atoms with Crippen LogP contribution in [0.2, 0.25) is 0 Å². The van der Waals surface area contributed by atoms with Gasteiger partial charge >= 0.3 is 5.97 Å². The number of hydrogen-bond acceptors (Lipinski definition) is 4. The molecule has 1 atom stereocenters. The summed E-state index contributed by atoms with van der Waals surface area (Å²) in [4.78, 5) is 24.3. The Kier molecular flexibility index (Phi) is 5.65. The molecule has 2 aromatic carbocycles. The number of nitrogens with one attached hydrogen (secondary N) is 1. The van der Waals surface area contributed by atoms with Gasteiger partial charge in [0.25, 0.3) is 5.91 Å². The van der Waals surface area contributed by atoms with Crippen molar-refractivity contribution in [3.8, 4) is 0 Å². The third kappa shape index (κ3) is 4.75. The van der Waals surface area contributed by atoms with Crippen molar-refractivity contribution in [3.05, 3.63) is 59.7 Å². The zero-order chi connectivity index (χ0) is 16.8. The van der Waals surface area contributed by atoms with E-state index in [0.717, 1.165) is 5.56 Å². The third-order valence-electron chi connectivity index (χ3n) is 3.05. The zero-order valence-electron chi connectivity index (χ0n) is 12.9. The van der Waals surface area contributed by atoms with Crippen molar-refractivity contribution in [1.29, 1.82) is 0 Å². The molecule has 120 valence electrons. The first-order chi connectivity index (χ1) is 11.0. The van der Waals surface area contributed by atoms with Crippen molar-refractivity contribution < 1.29 is 18.5 Å². The fraction of sp³-hybridized carbons (Fsp3) is 0.176. The molecule has 0 aliphatic heterocycles. The molecule has 23 heavy (non-hydrogen) atoms. The van der Waals surface area contributed by atoms with E-state index in [1.54, 1.807) is 24.3 Å². The van der Waals surface area contributed by atoms with E-state index in [2.05, 4.69) is 5.32 Å². The van der Waals surface area contributed by atoms with Crippen LogP contribution < -0.4 is 5.32 Å². The van der Waals surface area contributed by atoms with E-state index in [-0.39, 0.29) is 5.56 Å². The van der Waals surface area contributed by atoms with Gasteiger partial charge in [-0.05, 0) is 36.8 Å². The summed E-state index contributed by atoms with van der Waals surface area (Å²) in [5.74, 6) is -1.10. The zero-order valence-corrected chi connectivity index (χ0v) is 13.7. The van der Waals surface area contributed by atoms with Crippen molar-refractivity contribution in [3.63, 3.8) is 0 Å². The maximum absolute atomic E-state index is 12.0. The van der Waals surface area contributed by atoms with Gasteiger partial charge in [0.05, 0.1) is 21.3 Å². The lowest BCUT2D eigenvalue weighted by Gasteiger charge is -2.09. The summed E-state index contributed by atoms with van der Waals surface area (Å²) in [6.07, 6.45) is 1.48. The minimum Gasteiger partial charge on any atom is -0.452 e. The summed E-state index contributed by atoms with van der Waals surface area (Å²) < 4.78 is 16.6. The van der Waals surface area contributed by atoms with Crippen LogP contribution in [0.15, 0.2) is 53.4 Å². The highest BCUT2D eigenvalue weighted by molar-refractivity contribution is 7.84. The first kappa shape index (κ1) is 16.9. The molecular formula is C17H17NO4S. The Morgan fingerprint density at radius 2 is 1.87 bits per heavy atom. The summed E-state index contributed by atoms with van der Waals surface area (Å²) in [5, 5.41) is 2.65. The van der Waals surface area contributed by atoms with Gasteiger partial charge in [-0.25, -0.2) is 4.79 Å². The molecule has 1 N–H and O–H groups in total. The number of aryl methyl sites for hydroxylation is 1. The monoisotopic (exact) mass is 331 g/mol. The van der Waals surface area contributed by atoms with Gasteiger partial charge in [0.1, 0.15) is 0 Å². The predicted octanol–water partition coefficient (Wildman–Crippen LogP) is 2.53. The quantitative estimate of drug-likeness (QED) is 0.855. The summed E-state index contributed by atoms with van der Waals surface area (Å²) >= 11 is 0. The Labute approximate surface area is 137 Å². The van der Waals surface area contributed by atoms with Gasteiger partial charge in [0, 0.05) is 11.9 Å². The van der Waals surface area contributed by atoms with Crippen LogP contribution in [0.25, 0.3) is 0 Å². The highest BCUT2D eigenvalue weighted by Crippen LogP contribution is 2.14. The van der Waals surface area contributed by atoms with E-state index in [1.165, 1.54) is 12.3 Å². The summed E-state index contributed by atoms with van der Waals surface area (Å²) in [5.41, 5.74) is 1.86. The molecule has 0 aromatic heterocycles. The van der Waals surface area contributed by atoms with Gasteiger partial charge in [-0.1, -0.05) is 24.3 Å². The van der Waals surface area contributed by atoms with Gasteiger partial charge in [-0.15, -0.1) is 0 Å². The lowest BCUT2D eigenvalue weighted by atomic mass is 10.2. The van der Waals surface area contributed by atoms with Crippen LogP contribution in [0.5, 0.6) is 0 Å². The molecule has 0 unspecified atom stereocenters. The number of rotatable bonds is 5. The third-order valence-corrected chi connectivity index (χ3v) is 4.03. The predicted molar refractivity (Wildman–Crippen MR) is 88.9 cm³/mol. The summed E-state index contributed by atoms with van der Waals surface area (Å²) in [6, 6.07) is 13.8. The number of benzene rings is 2. The molecule has 0 saturated carbocycles. The van der Waals surface area contributed by atoms with Crippen LogP contribution in [-0.4, -0.2) is 28.9 Å². The van der Waals surface area contributed by atoms with Gasteiger partial charge in [-0.3, -0.25) is 9.00 Å². The molecule has 2 rings (SSSR count). The summed E-state index contributed by atoms with van der Waals surface area (Å²) in [6.45, 7) is 1.51. The molecule has 0 aliphatic rings. The second kappa shape index (κ2) is 7.69. The van der Waals surface area contributed by atoms with Crippen molar-refractivity contribution in [2.24, 2.45) is 0 Å². The molecule has 0 aliphatic carbocycles. The van der Waals surface area contributed by atoms with E-state index in [9.17, 15) is 13.8 Å². The van der Waals surface area contributed by atoms with Gasteiger partial charge in [0.15, 0.2) is 6.61 Å². The Balaban J connectivity index is 1.97. The number of esters is 1. The maximum Gasteiger partial charge on any atom is 0.339 e. The van der Waals surface area contributed by atoms with Crippen molar-refractivity contribution in [2.45, 2.75) is 11.8 Å². The molecule has 6 heteroatoms. The van der Waals surface area contributed by atoms with Gasteiger partial charge < -0.3 is 10.1 Å². The fourth-order valence-electron chi connectivity index (χ4n) is 2.01. The van der Waals surface area contributed by atoms with E-state index in [0.29, 0.717) is 10.6 Å². The van der Waals surface area contributed by atoms with Crippen LogP contribution in [0.3, 0.4) is 0 Å². The number of carbonyl (C=O) groups is 2. The standard InChI is InChI=1S/C17H17NO4S/c1-12-6-5-7-13(10-12)18-16(19)11-22-17(20)14-8-3-4-9-15(14)23(2)21/h3-10H,11H2,1-2H3,(H,18,19)/t23-/m0/s1. The molecule has 5 nitrogen and oxygen atoms in total. The molecule has 0 heterocycles. The first-order valence-electron chi connectivity index (χ1n) is 6.93. The number of amides is 1. The molecular weight excluding hydrogens is 314 g/mol. The molecule has 0 bridgehead atoms. The van der Waals surface area contributed by atoms with Crippen LogP contribution >= 0.6 is 0 Å². The SMILES string of the molecule is Cc1cccc(NC(=O)COC(=O)c2ccccc2[S@](C)=O)c1. The van der Waals surface area contributed by atoms with Crippen molar-refractivity contribution in [1.82, 2.24) is 0 Å². The minimum absolute atomic E-state index is 0.205. The Morgan fingerprint density at radius 3 is 2.57 bits per heavy atom. The van der Waals surface area contributed by atoms with Crippen LogP contribution in [0, 0.1) is 6.92 Å². The number of carbonyl (C=O) groups excluding carboxylic acids is 2. The lowest BCUT2D eigenvalue weighted by molar-refractivity contribution is -0.119. The largest absolute Gasteiger partial charge is 0.452 e. The Morgan fingerprint density at radius 1 is 1.13 bits per heavy atom. The van der Waals surface area contributed by atoms with Crippen LogP contribution in [0.1, 0.15) is 15.9 Å². The number of anilines is 1. The van der Waals surface area contributed by atoms with Crippen LogP contribution in [0.4, 0.5) is 5.69 Å².